The van der Waals surface area contributed by atoms with Crippen LogP contribution in [0.1, 0.15) is 27.7 Å². The molecule has 2 heterocycles. The van der Waals surface area contributed by atoms with Crippen molar-refractivity contribution in [2.45, 2.75) is 39.3 Å². The first-order valence-electron chi connectivity index (χ1n) is 8.88. The van der Waals surface area contributed by atoms with Crippen molar-refractivity contribution in [3.63, 3.8) is 0 Å². The average molecular weight is 340 g/mol. The van der Waals surface area contributed by atoms with Crippen LogP contribution in [0, 0.1) is 0 Å². The van der Waals surface area contributed by atoms with Crippen molar-refractivity contribution >= 4 is 11.8 Å². The Balaban J connectivity index is 1.69. The fourth-order valence-corrected chi connectivity index (χ4v) is 3.10. The SMILES string of the molecule is C[C@@H]1CN(C(=O)CN2CCN(CC(=O)NC(C)(C)C)CC2)CCO1. The lowest BCUT2D eigenvalue weighted by molar-refractivity contribution is -0.140. The summed E-state index contributed by atoms with van der Waals surface area (Å²) < 4.78 is 5.48. The number of carbonyl (C=O) groups excluding carboxylic acids is 2. The highest BCUT2D eigenvalue weighted by Crippen LogP contribution is 2.07. The standard InChI is InChI=1S/C17H32N4O3/c1-14-11-21(9-10-24-14)16(23)13-20-7-5-19(6-8-20)12-15(22)18-17(2,3)4/h14H,5-13H2,1-4H3,(H,18,22)/t14-/m1/s1. The predicted octanol–water partition coefficient (Wildman–Crippen LogP) is -0.234. The summed E-state index contributed by atoms with van der Waals surface area (Å²) in [6.07, 6.45) is 0.126. The lowest BCUT2D eigenvalue weighted by Gasteiger charge is -2.37. The molecule has 0 aromatic rings. The van der Waals surface area contributed by atoms with Gasteiger partial charge in [-0.05, 0) is 27.7 Å². The van der Waals surface area contributed by atoms with Gasteiger partial charge < -0.3 is 15.0 Å². The van der Waals surface area contributed by atoms with Crippen LogP contribution in [0.25, 0.3) is 0 Å². The van der Waals surface area contributed by atoms with E-state index in [1.54, 1.807) is 0 Å². The Morgan fingerprint density at radius 2 is 1.62 bits per heavy atom. The van der Waals surface area contributed by atoms with Gasteiger partial charge in [-0.1, -0.05) is 0 Å². The number of hydrogen-bond donors (Lipinski definition) is 1. The largest absolute Gasteiger partial charge is 0.375 e. The first kappa shape index (κ1) is 19.1. The smallest absolute Gasteiger partial charge is 0.236 e. The maximum atomic E-state index is 12.4. The molecule has 2 fully saturated rings. The zero-order valence-corrected chi connectivity index (χ0v) is 15.5. The quantitative estimate of drug-likeness (QED) is 0.766. The summed E-state index contributed by atoms with van der Waals surface area (Å²) in [6.45, 7) is 14.2. The van der Waals surface area contributed by atoms with Crippen LogP contribution in [0.4, 0.5) is 0 Å². The molecule has 7 heteroatoms. The number of ether oxygens (including phenoxy) is 1. The van der Waals surface area contributed by atoms with Gasteiger partial charge in [-0.25, -0.2) is 0 Å². The molecular formula is C17H32N4O3. The molecule has 1 atom stereocenters. The van der Waals surface area contributed by atoms with Crippen LogP contribution >= 0.6 is 0 Å². The topological polar surface area (TPSA) is 65.1 Å². The van der Waals surface area contributed by atoms with Crippen molar-refractivity contribution in [2.24, 2.45) is 0 Å². The minimum Gasteiger partial charge on any atom is -0.375 e. The number of carbonyl (C=O) groups is 2. The Hall–Kier alpha value is -1.18. The third-order valence-electron chi connectivity index (χ3n) is 4.30. The van der Waals surface area contributed by atoms with Crippen LogP contribution < -0.4 is 5.32 Å². The molecule has 0 bridgehead atoms. The summed E-state index contributed by atoms with van der Waals surface area (Å²) in [4.78, 5) is 30.6. The van der Waals surface area contributed by atoms with Gasteiger partial charge >= 0.3 is 0 Å². The third kappa shape index (κ3) is 6.37. The molecule has 24 heavy (non-hydrogen) atoms. The van der Waals surface area contributed by atoms with Crippen molar-refractivity contribution in [2.75, 3.05) is 59.0 Å². The van der Waals surface area contributed by atoms with E-state index in [0.29, 0.717) is 32.8 Å². The van der Waals surface area contributed by atoms with Crippen LogP contribution in [-0.4, -0.2) is 97.1 Å². The Labute approximate surface area is 145 Å². The van der Waals surface area contributed by atoms with E-state index >= 15 is 0 Å². The summed E-state index contributed by atoms with van der Waals surface area (Å²) in [5.74, 6) is 0.249. The molecule has 1 N–H and O–H groups in total. The first-order chi connectivity index (χ1) is 11.2. The molecule has 2 rings (SSSR count). The number of amides is 2. The molecule has 0 aromatic carbocycles. The molecule has 2 saturated heterocycles. The van der Waals surface area contributed by atoms with E-state index in [1.807, 2.05) is 32.6 Å². The monoisotopic (exact) mass is 340 g/mol. The number of morpholine rings is 1. The van der Waals surface area contributed by atoms with Gasteiger partial charge in [0.05, 0.1) is 25.8 Å². The molecule has 0 aromatic heterocycles. The number of nitrogens with one attached hydrogen (secondary N) is 1. The number of piperazine rings is 1. The summed E-state index contributed by atoms with van der Waals surface area (Å²) in [5.41, 5.74) is -0.194. The maximum Gasteiger partial charge on any atom is 0.236 e. The summed E-state index contributed by atoms with van der Waals surface area (Å²) in [6, 6.07) is 0. The highest BCUT2D eigenvalue weighted by molar-refractivity contribution is 5.79. The van der Waals surface area contributed by atoms with Gasteiger partial charge in [-0.15, -0.1) is 0 Å². The third-order valence-corrected chi connectivity index (χ3v) is 4.30. The van der Waals surface area contributed by atoms with E-state index < -0.39 is 0 Å². The minimum absolute atomic E-state index is 0.0642. The maximum absolute atomic E-state index is 12.4. The lowest BCUT2D eigenvalue weighted by atomic mass is 10.1. The molecule has 138 valence electrons. The van der Waals surface area contributed by atoms with Crippen LogP contribution in [0.15, 0.2) is 0 Å². The Bertz CT molecular complexity index is 442. The van der Waals surface area contributed by atoms with Crippen LogP contribution in [-0.2, 0) is 14.3 Å². The number of hydrogen-bond acceptors (Lipinski definition) is 5. The Kier molecular flexibility index (Phi) is 6.60. The lowest BCUT2D eigenvalue weighted by Crippen LogP contribution is -2.54. The first-order valence-corrected chi connectivity index (χ1v) is 8.88. The van der Waals surface area contributed by atoms with E-state index in [2.05, 4.69) is 15.1 Å². The van der Waals surface area contributed by atoms with E-state index in [0.717, 1.165) is 26.2 Å². The fourth-order valence-electron chi connectivity index (χ4n) is 3.10. The molecule has 0 aliphatic carbocycles. The van der Waals surface area contributed by atoms with Gasteiger partial charge in [0.1, 0.15) is 0 Å². The summed E-state index contributed by atoms with van der Waals surface area (Å²) in [7, 11) is 0. The second-order valence-corrected chi connectivity index (χ2v) is 7.87. The zero-order valence-electron chi connectivity index (χ0n) is 15.5. The normalized spacial score (nSPS) is 24.0. The number of rotatable bonds is 4. The van der Waals surface area contributed by atoms with Crippen molar-refractivity contribution in [1.29, 1.82) is 0 Å². The van der Waals surface area contributed by atoms with Gasteiger partial charge in [0.25, 0.3) is 0 Å². The Morgan fingerprint density at radius 3 is 2.17 bits per heavy atom. The molecule has 2 aliphatic heterocycles. The van der Waals surface area contributed by atoms with Gasteiger partial charge in [0.2, 0.25) is 11.8 Å². The molecule has 7 nitrogen and oxygen atoms in total. The van der Waals surface area contributed by atoms with E-state index in [4.69, 9.17) is 4.74 Å². The summed E-state index contributed by atoms with van der Waals surface area (Å²) in [5, 5.41) is 2.99. The van der Waals surface area contributed by atoms with Gasteiger partial charge in [0.15, 0.2) is 0 Å². The van der Waals surface area contributed by atoms with Crippen LogP contribution in [0.5, 0.6) is 0 Å². The van der Waals surface area contributed by atoms with E-state index in [-0.39, 0.29) is 23.5 Å². The molecule has 0 unspecified atom stereocenters. The van der Waals surface area contributed by atoms with Crippen LogP contribution in [0.2, 0.25) is 0 Å². The van der Waals surface area contributed by atoms with Gasteiger partial charge in [-0.2, -0.15) is 0 Å². The highest BCUT2D eigenvalue weighted by atomic mass is 16.5. The molecule has 0 spiro atoms. The van der Waals surface area contributed by atoms with Crippen molar-refractivity contribution in [1.82, 2.24) is 20.0 Å². The molecular weight excluding hydrogens is 308 g/mol. The van der Waals surface area contributed by atoms with Gasteiger partial charge in [-0.3, -0.25) is 19.4 Å². The molecule has 2 aliphatic rings. The second kappa shape index (κ2) is 8.27. The van der Waals surface area contributed by atoms with Crippen molar-refractivity contribution < 1.29 is 14.3 Å². The molecule has 0 radical (unpaired) electrons. The van der Waals surface area contributed by atoms with Crippen LogP contribution in [0.3, 0.4) is 0 Å². The number of nitrogens with zero attached hydrogens (tertiary/aromatic N) is 3. The zero-order chi connectivity index (χ0) is 17.7. The van der Waals surface area contributed by atoms with Crippen molar-refractivity contribution in [3.8, 4) is 0 Å². The second-order valence-electron chi connectivity index (χ2n) is 7.87. The van der Waals surface area contributed by atoms with E-state index in [9.17, 15) is 9.59 Å². The van der Waals surface area contributed by atoms with E-state index in [1.165, 1.54) is 0 Å². The molecule has 2 amide bonds. The highest BCUT2D eigenvalue weighted by Gasteiger charge is 2.26. The van der Waals surface area contributed by atoms with Gasteiger partial charge in [0, 0.05) is 44.8 Å². The Morgan fingerprint density at radius 1 is 1.04 bits per heavy atom. The van der Waals surface area contributed by atoms with Crippen molar-refractivity contribution in [3.05, 3.63) is 0 Å². The average Bonchev–Trinajstić information content (AvgIpc) is 2.47. The molecule has 0 saturated carbocycles. The summed E-state index contributed by atoms with van der Waals surface area (Å²) >= 11 is 0. The minimum atomic E-state index is -0.194. The fraction of sp³-hybridized carbons (Fsp3) is 0.882. The predicted molar refractivity (Wildman–Crippen MR) is 92.8 cm³/mol.